The molecule has 52 heavy (non-hydrogen) atoms. The van der Waals surface area contributed by atoms with Gasteiger partial charge in [0.2, 0.25) is 5.95 Å². The third kappa shape index (κ3) is 3.73. The van der Waals surface area contributed by atoms with Crippen LogP contribution in [0.25, 0.3) is 72.8 Å². The van der Waals surface area contributed by atoms with E-state index < -0.39 is 5.41 Å². The Morgan fingerprint density at radius 1 is 0.481 bits per heavy atom. The quantitative estimate of drug-likeness (QED) is 0.189. The lowest BCUT2D eigenvalue weighted by atomic mass is 9.70. The van der Waals surface area contributed by atoms with E-state index in [0.717, 1.165) is 32.9 Å². The molecule has 2 aliphatic carbocycles. The molecule has 9 aromatic rings. The zero-order valence-corrected chi connectivity index (χ0v) is 27.8. The van der Waals surface area contributed by atoms with Crippen molar-refractivity contribution in [1.29, 1.82) is 5.26 Å². The Hall–Kier alpha value is -7.16. The van der Waals surface area contributed by atoms with Crippen LogP contribution < -0.4 is 0 Å². The molecule has 7 aromatic carbocycles. The standard InChI is InChI=1S/C47H27N5/c48-28-29-13-12-16-31(27-29)45-49-44(30-14-2-1-3-15-30)50-46(51-45)52-41-24-11-7-19-34(41)35-25-26-40-42(43(35)52)36-20-6-10-23-39(36)47(40)37-21-8-4-17-32(37)33-18-5-9-22-38(33)47/h1-27H. The first kappa shape index (κ1) is 28.7. The number of nitrogens with zero attached hydrogens (tertiary/aromatic N) is 5. The van der Waals surface area contributed by atoms with Gasteiger partial charge in [-0.1, -0.05) is 146 Å². The van der Waals surface area contributed by atoms with E-state index in [1.165, 1.54) is 44.5 Å². The summed E-state index contributed by atoms with van der Waals surface area (Å²) in [5, 5.41) is 12.0. The van der Waals surface area contributed by atoms with Gasteiger partial charge in [-0.3, -0.25) is 4.57 Å². The molecule has 11 rings (SSSR count). The topological polar surface area (TPSA) is 67.4 Å². The Morgan fingerprint density at radius 3 is 1.81 bits per heavy atom. The summed E-state index contributed by atoms with van der Waals surface area (Å²) in [5.41, 5.74) is 13.9. The van der Waals surface area contributed by atoms with Crippen LogP contribution in [0, 0.1) is 11.3 Å². The summed E-state index contributed by atoms with van der Waals surface area (Å²) in [5.74, 6) is 1.60. The molecular formula is C47H27N5. The van der Waals surface area contributed by atoms with Crippen LogP contribution in [0.15, 0.2) is 164 Å². The lowest BCUT2D eigenvalue weighted by molar-refractivity contribution is 0.794. The van der Waals surface area contributed by atoms with E-state index in [0.29, 0.717) is 23.2 Å². The first-order valence-electron chi connectivity index (χ1n) is 17.4. The summed E-state index contributed by atoms with van der Waals surface area (Å²) in [6.07, 6.45) is 0. The molecule has 0 unspecified atom stereocenters. The summed E-state index contributed by atoms with van der Waals surface area (Å²) < 4.78 is 2.23. The summed E-state index contributed by atoms with van der Waals surface area (Å²) in [6, 6.07) is 59.6. The Balaban J connectivity index is 1.29. The van der Waals surface area contributed by atoms with E-state index >= 15 is 0 Å². The number of hydrogen-bond donors (Lipinski definition) is 0. The first-order valence-corrected chi connectivity index (χ1v) is 17.4. The van der Waals surface area contributed by atoms with Gasteiger partial charge < -0.3 is 0 Å². The summed E-state index contributed by atoms with van der Waals surface area (Å²) in [6.45, 7) is 0. The van der Waals surface area contributed by atoms with E-state index in [1.807, 2.05) is 48.5 Å². The highest BCUT2D eigenvalue weighted by Gasteiger charge is 2.52. The van der Waals surface area contributed by atoms with E-state index in [1.54, 1.807) is 6.07 Å². The average molecular weight is 662 g/mol. The molecule has 5 nitrogen and oxygen atoms in total. The van der Waals surface area contributed by atoms with Crippen molar-refractivity contribution in [3.8, 4) is 57.0 Å². The van der Waals surface area contributed by atoms with Crippen molar-refractivity contribution in [3.05, 3.63) is 192 Å². The second kappa shape index (κ2) is 10.7. The molecule has 0 amide bonds. The van der Waals surface area contributed by atoms with Gasteiger partial charge in [0, 0.05) is 27.5 Å². The molecule has 5 heteroatoms. The molecule has 0 aliphatic heterocycles. The van der Waals surface area contributed by atoms with E-state index in [9.17, 15) is 5.26 Å². The number of benzene rings is 7. The highest BCUT2D eigenvalue weighted by Crippen LogP contribution is 2.64. The molecule has 2 heterocycles. The van der Waals surface area contributed by atoms with Gasteiger partial charge in [0.1, 0.15) is 0 Å². The lowest BCUT2D eigenvalue weighted by Crippen LogP contribution is -2.25. The molecule has 0 bridgehead atoms. The minimum absolute atomic E-state index is 0.480. The van der Waals surface area contributed by atoms with Crippen molar-refractivity contribution in [3.63, 3.8) is 0 Å². The average Bonchev–Trinajstić information content (AvgIpc) is 3.83. The number of rotatable bonds is 3. The number of para-hydroxylation sites is 1. The maximum Gasteiger partial charge on any atom is 0.238 e. The number of hydrogen-bond acceptors (Lipinski definition) is 4. The molecule has 0 N–H and O–H groups in total. The molecule has 240 valence electrons. The zero-order chi connectivity index (χ0) is 34.4. The van der Waals surface area contributed by atoms with Gasteiger partial charge in [-0.25, -0.2) is 4.98 Å². The minimum atomic E-state index is -0.480. The normalized spacial score (nSPS) is 13.1. The van der Waals surface area contributed by atoms with Crippen molar-refractivity contribution < 1.29 is 0 Å². The zero-order valence-electron chi connectivity index (χ0n) is 27.8. The number of nitriles is 1. The van der Waals surface area contributed by atoms with Crippen LogP contribution in [0.3, 0.4) is 0 Å². The first-order chi connectivity index (χ1) is 25.8. The van der Waals surface area contributed by atoms with Crippen LogP contribution in [0.2, 0.25) is 0 Å². The van der Waals surface area contributed by atoms with Gasteiger partial charge in [-0.15, -0.1) is 0 Å². The third-order valence-electron chi connectivity index (χ3n) is 10.9. The lowest BCUT2D eigenvalue weighted by Gasteiger charge is -2.30. The monoisotopic (exact) mass is 661 g/mol. The molecule has 2 aliphatic rings. The van der Waals surface area contributed by atoms with Gasteiger partial charge >= 0.3 is 0 Å². The fourth-order valence-electron chi connectivity index (χ4n) is 8.88. The minimum Gasteiger partial charge on any atom is -0.277 e. The second-order valence-electron chi connectivity index (χ2n) is 13.5. The largest absolute Gasteiger partial charge is 0.277 e. The molecule has 0 radical (unpaired) electrons. The predicted molar refractivity (Wildman–Crippen MR) is 206 cm³/mol. The smallest absolute Gasteiger partial charge is 0.238 e. The molecule has 0 saturated heterocycles. The molecular weight excluding hydrogens is 635 g/mol. The van der Waals surface area contributed by atoms with Gasteiger partial charge in [-0.2, -0.15) is 15.2 Å². The maximum atomic E-state index is 9.76. The van der Waals surface area contributed by atoms with Crippen molar-refractivity contribution in [2.75, 3.05) is 0 Å². The van der Waals surface area contributed by atoms with Crippen LogP contribution >= 0.6 is 0 Å². The molecule has 0 saturated carbocycles. The molecule has 0 fully saturated rings. The van der Waals surface area contributed by atoms with Gasteiger partial charge in [0.05, 0.1) is 28.1 Å². The van der Waals surface area contributed by atoms with Crippen LogP contribution in [0.5, 0.6) is 0 Å². The Kier molecular flexibility index (Phi) is 5.88. The van der Waals surface area contributed by atoms with Crippen molar-refractivity contribution in [1.82, 2.24) is 19.5 Å². The van der Waals surface area contributed by atoms with Crippen molar-refractivity contribution in [2.45, 2.75) is 5.41 Å². The van der Waals surface area contributed by atoms with Crippen molar-refractivity contribution >= 4 is 21.8 Å². The molecule has 2 aromatic heterocycles. The van der Waals surface area contributed by atoms with E-state index in [4.69, 9.17) is 15.0 Å². The fraction of sp³-hybridized carbons (Fsp3) is 0.0213. The highest BCUT2D eigenvalue weighted by atomic mass is 15.2. The van der Waals surface area contributed by atoms with Crippen molar-refractivity contribution in [2.24, 2.45) is 0 Å². The second-order valence-corrected chi connectivity index (χ2v) is 13.5. The number of aromatic nitrogens is 4. The Labute approximate surface area is 299 Å². The predicted octanol–water partition coefficient (Wildman–Crippen LogP) is 10.5. The number of fused-ring (bicyclic) bond motifs is 14. The van der Waals surface area contributed by atoms with Gasteiger partial charge in [0.15, 0.2) is 11.6 Å². The Morgan fingerprint density at radius 2 is 1.08 bits per heavy atom. The summed E-state index contributed by atoms with van der Waals surface area (Å²) in [4.78, 5) is 15.4. The van der Waals surface area contributed by atoms with Crippen LogP contribution in [0.4, 0.5) is 0 Å². The SMILES string of the molecule is N#Cc1cccc(-c2nc(-c3ccccc3)nc(-n3c4ccccc4c4ccc5c(c43)-c3ccccc3C53c4ccccc4-c4ccccc43)n2)c1. The molecule has 0 atom stereocenters. The maximum absolute atomic E-state index is 9.76. The summed E-state index contributed by atoms with van der Waals surface area (Å²) in [7, 11) is 0. The fourth-order valence-corrected chi connectivity index (χ4v) is 8.88. The van der Waals surface area contributed by atoms with E-state index in [2.05, 4.69) is 120 Å². The summed E-state index contributed by atoms with van der Waals surface area (Å²) >= 11 is 0. The van der Waals surface area contributed by atoms with Crippen LogP contribution in [-0.4, -0.2) is 19.5 Å². The third-order valence-corrected chi connectivity index (χ3v) is 10.9. The van der Waals surface area contributed by atoms with Gasteiger partial charge in [0.25, 0.3) is 0 Å². The van der Waals surface area contributed by atoms with E-state index in [-0.39, 0.29) is 0 Å². The molecule has 1 spiro atoms. The van der Waals surface area contributed by atoms with Crippen LogP contribution in [0.1, 0.15) is 27.8 Å². The van der Waals surface area contributed by atoms with Gasteiger partial charge in [-0.05, 0) is 57.1 Å². The van der Waals surface area contributed by atoms with Crippen LogP contribution in [-0.2, 0) is 5.41 Å². The Bertz CT molecular complexity index is 2940. The highest BCUT2D eigenvalue weighted by molar-refractivity contribution is 6.16.